The summed E-state index contributed by atoms with van der Waals surface area (Å²) in [6.07, 6.45) is 0. The summed E-state index contributed by atoms with van der Waals surface area (Å²) in [6, 6.07) is 4.84. The first-order valence-electron chi connectivity index (χ1n) is 4.51. The van der Waals surface area contributed by atoms with Crippen LogP contribution in [0.3, 0.4) is 0 Å². The van der Waals surface area contributed by atoms with Crippen molar-refractivity contribution >= 4 is 27.5 Å². The monoisotopic (exact) mass is 317 g/mol. The van der Waals surface area contributed by atoms with Crippen LogP contribution in [0.4, 0.5) is 4.39 Å². The van der Waals surface area contributed by atoms with Crippen LogP contribution in [0.25, 0.3) is 11.4 Å². The highest BCUT2D eigenvalue weighted by Gasteiger charge is 2.13. The maximum absolute atomic E-state index is 13.8. The van der Waals surface area contributed by atoms with E-state index in [0.717, 1.165) is 0 Å². The van der Waals surface area contributed by atoms with Gasteiger partial charge in [-0.05, 0) is 39.7 Å². The first-order valence-corrected chi connectivity index (χ1v) is 5.69. The maximum atomic E-state index is 13.8. The topological polar surface area (TPSA) is 47.9 Å². The Kier molecular flexibility index (Phi) is 3.54. The first-order chi connectivity index (χ1) is 8.11. The fourth-order valence-electron chi connectivity index (χ4n) is 1.22. The average Bonchev–Trinajstić information content (AvgIpc) is 2.31. The molecule has 0 saturated carbocycles. The van der Waals surface area contributed by atoms with Gasteiger partial charge in [-0.15, -0.1) is 0 Å². The summed E-state index contributed by atoms with van der Waals surface area (Å²) >= 11 is 8.78. The lowest BCUT2D eigenvalue weighted by molar-refractivity contribution is 0.378. The van der Waals surface area contributed by atoms with Crippen LogP contribution in [0.1, 0.15) is 0 Å². The SMILES string of the molecule is COc1nc(Cl)nc(-c2cccc(Br)c2F)n1. The zero-order valence-corrected chi connectivity index (χ0v) is 11.0. The van der Waals surface area contributed by atoms with Crippen LogP contribution in [0, 0.1) is 5.82 Å². The summed E-state index contributed by atoms with van der Waals surface area (Å²) < 4.78 is 19.0. The summed E-state index contributed by atoms with van der Waals surface area (Å²) in [6.45, 7) is 0. The number of halogens is 3. The Labute approximate surface area is 110 Å². The molecule has 0 N–H and O–H groups in total. The van der Waals surface area contributed by atoms with Crippen molar-refractivity contribution in [1.82, 2.24) is 15.0 Å². The molecule has 2 aromatic rings. The van der Waals surface area contributed by atoms with E-state index in [0.29, 0.717) is 4.47 Å². The van der Waals surface area contributed by atoms with Gasteiger partial charge in [-0.25, -0.2) is 4.39 Å². The molecule has 4 nitrogen and oxygen atoms in total. The number of benzene rings is 1. The lowest BCUT2D eigenvalue weighted by Crippen LogP contribution is -1.99. The third-order valence-corrected chi connectivity index (χ3v) is 2.74. The van der Waals surface area contributed by atoms with Crippen molar-refractivity contribution < 1.29 is 9.13 Å². The third-order valence-electron chi connectivity index (χ3n) is 1.96. The van der Waals surface area contributed by atoms with Crippen LogP contribution in [-0.2, 0) is 0 Å². The first kappa shape index (κ1) is 12.2. The second kappa shape index (κ2) is 4.93. The molecule has 17 heavy (non-hydrogen) atoms. The van der Waals surface area contributed by atoms with Crippen LogP contribution in [0.2, 0.25) is 5.28 Å². The molecule has 0 atom stereocenters. The van der Waals surface area contributed by atoms with Gasteiger partial charge >= 0.3 is 6.01 Å². The third kappa shape index (κ3) is 2.53. The molecule has 0 amide bonds. The quantitative estimate of drug-likeness (QED) is 0.853. The van der Waals surface area contributed by atoms with Crippen LogP contribution >= 0.6 is 27.5 Å². The Morgan fingerprint density at radius 1 is 1.29 bits per heavy atom. The Morgan fingerprint density at radius 3 is 2.76 bits per heavy atom. The van der Waals surface area contributed by atoms with E-state index < -0.39 is 5.82 Å². The van der Waals surface area contributed by atoms with Crippen molar-refractivity contribution in [3.05, 3.63) is 33.8 Å². The van der Waals surface area contributed by atoms with Gasteiger partial charge in [0.25, 0.3) is 0 Å². The zero-order chi connectivity index (χ0) is 12.4. The van der Waals surface area contributed by atoms with Gasteiger partial charge in [-0.2, -0.15) is 15.0 Å². The molecule has 88 valence electrons. The van der Waals surface area contributed by atoms with E-state index >= 15 is 0 Å². The minimum atomic E-state index is -0.461. The summed E-state index contributed by atoms with van der Waals surface area (Å²) in [4.78, 5) is 11.5. The van der Waals surface area contributed by atoms with Gasteiger partial charge in [0.15, 0.2) is 5.82 Å². The highest BCUT2D eigenvalue weighted by atomic mass is 79.9. The minimum Gasteiger partial charge on any atom is -0.467 e. The highest BCUT2D eigenvalue weighted by molar-refractivity contribution is 9.10. The Morgan fingerprint density at radius 2 is 2.06 bits per heavy atom. The Balaban J connectivity index is 2.60. The zero-order valence-electron chi connectivity index (χ0n) is 8.62. The van der Waals surface area contributed by atoms with E-state index in [2.05, 4.69) is 30.9 Å². The normalized spacial score (nSPS) is 10.4. The molecule has 2 rings (SSSR count). The standard InChI is InChI=1S/C10H6BrClFN3O/c1-17-10-15-8(14-9(12)16-10)5-3-2-4-6(11)7(5)13/h2-4H,1H3. The van der Waals surface area contributed by atoms with Gasteiger partial charge in [0.1, 0.15) is 5.82 Å². The number of hydrogen-bond donors (Lipinski definition) is 0. The Hall–Kier alpha value is -1.27. The molecule has 0 bridgehead atoms. The molecule has 0 spiro atoms. The van der Waals surface area contributed by atoms with Gasteiger partial charge in [0, 0.05) is 0 Å². The predicted molar refractivity (Wildman–Crippen MR) is 64.5 cm³/mol. The Bertz CT molecular complexity index is 567. The predicted octanol–water partition coefficient (Wildman–Crippen LogP) is 3.10. The summed E-state index contributed by atoms with van der Waals surface area (Å²) in [7, 11) is 1.40. The molecule has 1 aromatic carbocycles. The number of ether oxygens (including phenoxy) is 1. The van der Waals surface area contributed by atoms with E-state index in [1.165, 1.54) is 7.11 Å². The van der Waals surface area contributed by atoms with Crippen LogP contribution < -0.4 is 4.74 Å². The van der Waals surface area contributed by atoms with E-state index in [9.17, 15) is 4.39 Å². The van der Waals surface area contributed by atoms with E-state index in [1.54, 1.807) is 18.2 Å². The molecule has 0 saturated heterocycles. The van der Waals surface area contributed by atoms with Gasteiger partial charge in [0.2, 0.25) is 5.28 Å². The van der Waals surface area contributed by atoms with Crippen LogP contribution in [-0.4, -0.2) is 22.1 Å². The largest absolute Gasteiger partial charge is 0.467 e. The molecular formula is C10H6BrClFN3O. The van der Waals surface area contributed by atoms with Gasteiger partial charge in [-0.1, -0.05) is 6.07 Å². The lowest BCUT2D eigenvalue weighted by atomic mass is 10.2. The molecule has 1 aromatic heterocycles. The van der Waals surface area contributed by atoms with E-state index in [-0.39, 0.29) is 22.7 Å². The highest BCUT2D eigenvalue weighted by Crippen LogP contribution is 2.26. The minimum absolute atomic E-state index is 0.0411. The molecule has 0 aliphatic rings. The second-order valence-corrected chi connectivity index (χ2v) is 4.21. The van der Waals surface area contributed by atoms with Crippen molar-refractivity contribution in [3.8, 4) is 17.4 Å². The van der Waals surface area contributed by atoms with Gasteiger partial charge < -0.3 is 4.74 Å². The molecule has 0 aliphatic carbocycles. The van der Waals surface area contributed by atoms with Gasteiger partial charge in [-0.3, -0.25) is 0 Å². The van der Waals surface area contributed by atoms with Crippen molar-refractivity contribution in [2.45, 2.75) is 0 Å². The molecule has 0 aliphatic heterocycles. The number of hydrogen-bond acceptors (Lipinski definition) is 4. The van der Waals surface area contributed by atoms with E-state index in [4.69, 9.17) is 16.3 Å². The van der Waals surface area contributed by atoms with Gasteiger partial charge in [0.05, 0.1) is 17.1 Å². The number of aromatic nitrogens is 3. The number of nitrogens with zero attached hydrogens (tertiary/aromatic N) is 3. The van der Waals surface area contributed by atoms with Crippen molar-refractivity contribution in [3.63, 3.8) is 0 Å². The lowest BCUT2D eigenvalue weighted by Gasteiger charge is -2.05. The fourth-order valence-corrected chi connectivity index (χ4v) is 1.74. The second-order valence-electron chi connectivity index (χ2n) is 3.02. The van der Waals surface area contributed by atoms with Crippen LogP contribution in [0.15, 0.2) is 22.7 Å². The molecular weight excluding hydrogens is 312 g/mol. The molecule has 0 unspecified atom stereocenters. The van der Waals surface area contributed by atoms with Crippen molar-refractivity contribution in [2.24, 2.45) is 0 Å². The maximum Gasteiger partial charge on any atom is 0.321 e. The summed E-state index contributed by atoms with van der Waals surface area (Å²) in [5.41, 5.74) is 0.224. The molecule has 0 radical (unpaired) electrons. The molecule has 7 heteroatoms. The summed E-state index contributed by atoms with van der Waals surface area (Å²) in [5, 5.41) is -0.0498. The molecule has 0 fully saturated rings. The summed E-state index contributed by atoms with van der Waals surface area (Å²) in [5.74, 6) is -0.336. The van der Waals surface area contributed by atoms with Crippen molar-refractivity contribution in [1.29, 1.82) is 0 Å². The fraction of sp³-hybridized carbons (Fsp3) is 0.100. The smallest absolute Gasteiger partial charge is 0.321 e. The van der Waals surface area contributed by atoms with Crippen LogP contribution in [0.5, 0.6) is 6.01 Å². The number of rotatable bonds is 2. The average molecular weight is 319 g/mol. The number of methoxy groups -OCH3 is 1. The van der Waals surface area contributed by atoms with E-state index in [1.807, 2.05) is 0 Å². The van der Waals surface area contributed by atoms with Crippen molar-refractivity contribution in [2.75, 3.05) is 7.11 Å². The molecule has 1 heterocycles.